The average Bonchev–Trinajstić information content (AvgIpc) is 3.31. The number of fused-ring (bicyclic) bond motifs is 4. The van der Waals surface area contributed by atoms with Crippen LogP contribution in [0.25, 0.3) is 44.3 Å². The fourth-order valence-electron chi connectivity index (χ4n) is 4.98. The van der Waals surface area contributed by atoms with Gasteiger partial charge in [-0.2, -0.15) is 0 Å². The normalized spacial score (nSPS) is 14.6. The maximum atomic E-state index is 6.69. The van der Waals surface area contributed by atoms with Gasteiger partial charge in [0.25, 0.3) is 0 Å². The van der Waals surface area contributed by atoms with Gasteiger partial charge in [-0.1, -0.05) is 50.2 Å². The Morgan fingerprint density at radius 1 is 0.875 bits per heavy atom. The minimum absolute atomic E-state index is 0.0134. The zero-order valence-electron chi connectivity index (χ0n) is 18.9. The Labute approximate surface area is 187 Å². The van der Waals surface area contributed by atoms with Gasteiger partial charge in [0.05, 0.1) is 12.2 Å². The first kappa shape index (κ1) is 19.1. The molecule has 0 aliphatic carbocycles. The van der Waals surface area contributed by atoms with Crippen LogP contribution in [0.3, 0.4) is 0 Å². The molecule has 32 heavy (non-hydrogen) atoms. The Bertz CT molecular complexity index is 1520. The van der Waals surface area contributed by atoms with Crippen molar-refractivity contribution in [2.24, 2.45) is 7.05 Å². The molecule has 0 saturated carbocycles. The maximum absolute atomic E-state index is 6.69. The Kier molecular flexibility index (Phi) is 4.00. The highest BCUT2D eigenvalue weighted by molar-refractivity contribution is 6.13. The van der Waals surface area contributed by atoms with Gasteiger partial charge in [-0.05, 0) is 36.2 Å². The molecule has 0 N–H and O–H groups in total. The lowest BCUT2D eigenvalue weighted by Gasteiger charge is -2.16. The largest absolute Gasteiger partial charge is 0.492 e. The van der Waals surface area contributed by atoms with E-state index < -0.39 is 0 Å². The third kappa shape index (κ3) is 2.70. The summed E-state index contributed by atoms with van der Waals surface area (Å²) in [4.78, 5) is 0. The number of ether oxygens (including phenoxy) is 1. The van der Waals surface area contributed by atoms with Crippen molar-refractivity contribution in [3.8, 4) is 28.1 Å². The SMILES string of the molecule is Cc1ccc2c(oc3c(-c4ccc5c(c4)C(C)(C)CO5)cccc32)c1-c1cccc[n+]1C. The first-order valence-electron chi connectivity index (χ1n) is 11.1. The Balaban J connectivity index is 1.64. The van der Waals surface area contributed by atoms with Gasteiger partial charge in [-0.3, -0.25) is 0 Å². The average molecular weight is 421 g/mol. The maximum Gasteiger partial charge on any atom is 0.216 e. The van der Waals surface area contributed by atoms with Gasteiger partial charge >= 0.3 is 0 Å². The number of furan rings is 1. The summed E-state index contributed by atoms with van der Waals surface area (Å²) in [7, 11) is 2.08. The number of hydrogen-bond donors (Lipinski definition) is 0. The standard InChI is InChI=1S/C29H26NO2/c1-18-11-13-22-21-9-7-8-20(19-12-14-25-23(16-19)29(2,3)17-31-25)27(21)32-28(22)26(18)24-10-5-6-15-30(24)4/h5-16H,17H2,1-4H3/q+1. The van der Waals surface area contributed by atoms with Crippen LogP contribution in [0.2, 0.25) is 0 Å². The lowest BCUT2D eigenvalue weighted by atomic mass is 9.85. The van der Waals surface area contributed by atoms with Crippen LogP contribution < -0.4 is 9.30 Å². The molecule has 0 bridgehead atoms. The molecule has 6 rings (SSSR count). The summed E-state index contributed by atoms with van der Waals surface area (Å²) >= 11 is 0. The molecule has 3 nitrogen and oxygen atoms in total. The number of nitrogens with zero attached hydrogens (tertiary/aromatic N) is 1. The van der Waals surface area contributed by atoms with Crippen LogP contribution in [-0.2, 0) is 12.5 Å². The smallest absolute Gasteiger partial charge is 0.216 e. The number of aromatic nitrogens is 1. The minimum atomic E-state index is 0.0134. The number of hydrogen-bond acceptors (Lipinski definition) is 2. The first-order valence-corrected chi connectivity index (χ1v) is 11.1. The molecule has 0 saturated heterocycles. The van der Waals surface area contributed by atoms with Crippen molar-refractivity contribution in [2.75, 3.05) is 6.61 Å². The molecule has 0 atom stereocenters. The number of aryl methyl sites for hydroxylation is 2. The number of rotatable bonds is 2. The summed E-state index contributed by atoms with van der Waals surface area (Å²) in [6.45, 7) is 7.34. The molecular weight excluding hydrogens is 394 g/mol. The topological polar surface area (TPSA) is 26.2 Å². The first-order chi connectivity index (χ1) is 15.4. The lowest BCUT2D eigenvalue weighted by Crippen LogP contribution is -2.30. The second-order valence-electron chi connectivity index (χ2n) is 9.50. The van der Waals surface area contributed by atoms with Crippen molar-refractivity contribution in [2.45, 2.75) is 26.2 Å². The lowest BCUT2D eigenvalue weighted by molar-refractivity contribution is -0.660. The molecule has 1 aliphatic rings. The second-order valence-corrected chi connectivity index (χ2v) is 9.50. The summed E-state index contributed by atoms with van der Waals surface area (Å²) in [6, 6.07) is 23.6. The van der Waals surface area contributed by atoms with Crippen LogP contribution >= 0.6 is 0 Å². The highest BCUT2D eigenvalue weighted by Crippen LogP contribution is 2.44. The predicted octanol–water partition coefficient (Wildman–Crippen LogP) is 6.72. The fourth-order valence-corrected chi connectivity index (χ4v) is 4.98. The second kappa shape index (κ2) is 6.70. The van der Waals surface area contributed by atoms with E-state index in [2.05, 4.69) is 105 Å². The van der Waals surface area contributed by atoms with Crippen LogP contribution in [-0.4, -0.2) is 6.61 Å². The highest BCUT2D eigenvalue weighted by Gasteiger charge is 2.32. The van der Waals surface area contributed by atoms with Crippen molar-refractivity contribution in [1.29, 1.82) is 0 Å². The molecule has 1 aliphatic heterocycles. The van der Waals surface area contributed by atoms with E-state index in [0.717, 1.165) is 56.7 Å². The molecule has 3 heteroatoms. The van der Waals surface area contributed by atoms with E-state index >= 15 is 0 Å². The summed E-state index contributed by atoms with van der Waals surface area (Å²) < 4.78 is 14.7. The monoisotopic (exact) mass is 420 g/mol. The van der Waals surface area contributed by atoms with E-state index in [1.54, 1.807) is 0 Å². The molecule has 2 aromatic heterocycles. The molecule has 5 aromatic rings. The van der Waals surface area contributed by atoms with Gasteiger partial charge in [0.1, 0.15) is 24.0 Å². The minimum Gasteiger partial charge on any atom is -0.492 e. The van der Waals surface area contributed by atoms with E-state index in [9.17, 15) is 0 Å². The van der Waals surface area contributed by atoms with E-state index in [1.165, 1.54) is 11.1 Å². The van der Waals surface area contributed by atoms with Crippen LogP contribution in [0, 0.1) is 6.92 Å². The third-order valence-corrected chi connectivity index (χ3v) is 6.79. The predicted molar refractivity (Wildman–Crippen MR) is 129 cm³/mol. The fraction of sp³-hybridized carbons (Fsp3) is 0.207. The van der Waals surface area contributed by atoms with Crippen LogP contribution in [0.5, 0.6) is 5.75 Å². The quantitative estimate of drug-likeness (QED) is 0.296. The van der Waals surface area contributed by atoms with Crippen molar-refractivity contribution in [3.63, 3.8) is 0 Å². The van der Waals surface area contributed by atoms with Crippen LogP contribution in [0.1, 0.15) is 25.0 Å². The van der Waals surface area contributed by atoms with E-state index in [0.29, 0.717) is 0 Å². The summed E-state index contributed by atoms with van der Waals surface area (Å²) in [5, 5.41) is 2.30. The van der Waals surface area contributed by atoms with Crippen LogP contribution in [0.4, 0.5) is 0 Å². The summed E-state index contributed by atoms with van der Waals surface area (Å²) in [5.41, 5.74) is 8.93. The van der Waals surface area contributed by atoms with Gasteiger partial charge in [0.2, 0.25) is 5.69 Å². The summed E-state index contributed by atoms with van der Waals surface area (Å²) in [6.07, 6.45) is 2.08. The Morgan fingerprint density at radius 3 is 2.56 bits per heavy atom. The Morgan fingerprint density at radius 2 is 1.72 bits per heavy atom. The van der Waals surface area contributed by atoms with Crippen molar-refractivity contribution in [3.05, 3.63) is 84.1 Å². The molecule has 0 fully saturated rings. The van der Waals surface area contributed by atoms with E-state index in [1.807, 2.05) is 0 Å². The zero-order chi connectivity index (χ0) is 22.0. The van der Waals surface area contributed by atoms with Crippen molar-refractivity contribution >= 4 is 21.9 Å². The molecule has 3 heterocycles. The Hall–Kier alpha value is -3.59. The van der Waals surface area contributed by atoms with Gasteiger partial charge in [-0.15, -0.1) is 0 Å². The van der Waals surface area contributed by atoms with E-state index in [4.69, 9.17) is 9.15 Å². The van der Waals surface area contributed by atoms with Crippen molar-refractivity contribution in [1.82, 2.24) is 0 Å². The van der Waals surface area contributed by atoms with Gasteiger partial charge in [-0.25, -0.2) is 4.57 Å². The highest BCUT2D eigenvalue weighted by atomic mass is 16.5. The zero-order valence-corrected chi connectivity index (χ0v) is 18.9. The number of benzene rings is 3. The van der Waals surface area contributed by atoms with Gasteiger partial charge in [0, 0.05) is 39.4 Å². The molecule has 0 spiro atoms. The number of pyridine rings is 1. The third-order valence-electron chi connectivity index (χ3n) is 6.79. The van der Waals surface area contributed by atoms with Gasteiger partial charge < -0.3 is 9.15 Å². The van der Waals surface area contributed by atoms with Gasteiger partial charge in [0.15, 0.2) is 6.20 Å². The van der Waals surface area contributed by atoms with Crippen LogP contribution in [0.15, 0.2) is 77.3 Å². The molecule has 0 unspecified atom stereocenters. The molecule has 158 valence electrons. The molecule has 3 aromatic carbocycles. The number of para-hydroxylation sites is 1. The molecule has 0 amide bonds. The molecule has 0 radical (unpaired) electrons. The van der Waals surface area contributed by atoms with Crippen molar-refractivity contribution < 1.29 is 13.7 Å². The molecular formula is C29H26NO2+. The van der Waals surface area contributed by atoms with E-state index in [-0.39, 0.29) is 5.41 Å². The summed E-state index contributed by atoms with van der Waals surface area (Å²) in [5.74, 6) is 0.991.